The minimum absolute atomic E-state index is 0.143. The number of rotatable bonds is 4. The maximum Gasteiger partial charge on any atom is 0.153 e. The van der Waals surface area contributed by atoms with Gasteiger partial charge in [-0.05, 0) is 58.9 Å². The van der Waals surface area contributed by atoms with Crippen LogP contribution in [0.5, 0.6) is 28.7 Å². The second-order valence-corrected chi connectivity index (χ2v) is 8.65. The molecular formula is C29H26N2O3. The van der Waals surface area contributed by atoms with E-state index in [2.05, 4.69) is 9.97 Å². The van der Waals surface area contributed by atoms with Crippen molar-refractivity contribution in [3.63, 3.8) is 0 Å². The molecule has 3 aromatic carbocycles. The molecule has 2 heterocycles. The summed E-state index contributed by atoms with van der Waals surface area (Å²) in [5.74, 6) is 2.51. The normalized spacial score (nSPS) is 11.2. The van der Waals surface area contributed by atoms with Crippen molar-refractivity contribution in [1.29, 1.82) is 0 Å². The topological polar surface area (TPSA) is 64.5 Å². The van der Waals surface area contributed by atoms with Gasteiger partial charge in [0.1, 0.15) is 28.3 Å². The standard InChI is InChI=1S/C29H26N2O3/c1-16-12-14-21-8-6-10-23(25(21)30-16)33-28-18(3)27(32)19(4)29(20(28)5)34-24-11-7-9-22-15-13-17(2)31-26(22)24/h6-15,32H,1-5H3. The van der Waals surface area contributed by atoms with E-state index in [0.717, 1.165) is 38.8 Å². The fraction of sp³-hybridized carbons (Fsp3) is 0.172. The number of hydrogen-bond acceptors (Lipinski definition) is 5. The first kappa shape index (κ1) is 21.7. The van der Waals surface area contributed by atoms with Crippen molar-refractivity contribution in [1.82, 2.24) is 9.97 Å². The summed E-state index contributed by atoms with van der Waals surface area (Å²) in [6, 6.07) is 19.7. The van der Waals surface area contributed by atoms with Crippen LogP contribution in [0.2, 0.25) is 0 Å². The lowest BCUT2D eigenvalue weighted by Gasteiger charge is -2.20. The Kier molecular flexibility index (Phi) is 5.33. The molecule has 0 aliphatic heterocycles. The zero-order valence-corrected chi connectivity index (χ0v) is 19.9. The smallest absolute Gasteiger partial charge is 0.153 e. The highest BCUT2D eigenvalue weighted by molar-refractivity contribution is 5.86. The van der Waals surface area contributed by atoms with Crippen LogP contribution in [0.15, 0.2) is 60.7 Å². The van der Waals surface area contributed by atoms with Crippen molar-refractivity contribution in [2.45, 2.75) is 34.6 Å². The van der Waals surface area contributed by atoms with Crippen molar-refractivity contribution in [3.8, 4) is 28.7 Å². The molecule has 0 saturated heterocycles. The highest BCUT2D eigenvalue weighted by atomic mass is 16.5. The average Bonchev–Trinajstić information content (AvgIpc) is 2.83. The first-order chi connectivity index (χ1) is 16.3. The molecule has 2 aromatic heterocycles. The number of hydrogen-bond donors (Lipinski definition) is 1. The lowest BCUT2D eigenvalue weighted by Crippen LogP contribution is -2.00. The number of phenolic OH excluding ortho intramolecular Hbond substituents is 1. The quantitative estimate of drug-likeness (QED) is 0.305. The molecule has 0 saturated carbocycles. The van der Waals surface area contributed by atoms with E-state index in [0.29, 0.717) is 34.1 Å². The third-order valence-electron chi connectivity index (χ3n) is 6.14. The largest absolute Gasteiger partial charge is 0.507 e. The van der Waals surface area contributed by atoms with E-state index >= 15 is 0 Å². The van der Waals surface area contributed by atoms with Crippen LogP contribution in [-0.4, -0.2) is 15.1 Å². The summed E-state index contributed by atoms with van der Waals surface area (Å²) in [6.45, 7) is 9.55. The molecule has 34 heavy (non-hydrogen) atoms. The fourth-order valence-corrected chi connectivity index (χ4v) is 4.29. The number of aryl methyl sites for hydroxylation is 2. The van der Waals surface area contributed by atoms with Crippen molar-refractivity contribution in [2.24, 2.45) is 0 Å². The summed E-state index contributed by atoms with van der Waals surface area (Å²) in [6.07, 6.45) is 0. The number of pyridine rings is 2. The number of benzene rings is 3. The summed E-state index contributed by atoms with van der Waals surface area (Å²) in [7, 11) is 0. The number of fused-ring (bicyclic) bond motifs is 2. The van der Waals surface area contributed by atoms with Gasteiger partial charge in [0.05, 0.1) is 0 Å². The zero-order valence-electron chi connectivity index (χ0n) is 19.9. The first-order valence-electron chi connectivity index (χ1n) is 11.2. The van der Waals surface area contributed by atoms with Crippen LogP contribution in [0, 0.1) is 34.6 Å². The summed E-state index contributed by atoms with van der Waals surface area (Å²) < 4.78 is 12.8. The maximum absolute atomic E-state index is 11.0. The maximum atomic E-state index is 11.0. The molecule has 0 amide bonds. The molecule has 0 fully saturated rings. The zero-order chi connectivity index (χ0) is 24.0. The van der Waals surface area contributed by atoms with E-state index in [1.54, 1.807) is 0 Å². The molecule has 0 spiro atoms. The lowest BCUT2D eigenvalue weighted by molar-refractivity contribution is 0.423. The third kappa shape index (κ3) is 3.69. The molecule has 5 nitrogen and oxygen atoms in total. The molecule has 0 atom stereocenters. The number of para-hydroxylation sites is 2. The Labute approximate surface area is 198 Å². The first-order valence-corrected chi connectivity index (χ1v) is 11.2. The van der Waals surface area contributed by atoms with Gasteiger partial charge in [-0.25, -0.2) is 9.97 Å². The van der Waals surface area contributed by atoms with E-state index in [-0.39, 0.29) is 5.75 Å². The van der Waals surface area contributed by atoms with Crippen molar-refractivity contribution in [2.75, 3.05) is 0 Å². The SMILES string of the molecule is Cc1ccc2cccc(Oc3c(C)c(O)c(C)c(Oc4cccc5ccc(C)nc45)c3C)c2n1. The predicted molar refractivity (Wildman–Crippen MR) is 135 cm³/mol. The van der Waals surface area contributed by atoms with Crippen LogP contribution >= 0.6 is 0 Å². The van der Waals surface area contributed by atoms with E-state index in [1.807, 2.05) is 95.3 Å². The van der Waals surface area contributed by atoms with Crippen molar-refractivity contribution >= 4 is 21.8 Å². The van der Waals surface area contributed by atoms with Crippen LogP contribution in [0.25, 0.3) is 21.8 Å². The van der Waals surface area contributed by atoms with Crippen LogP contribution in [-0.2, 0) is 0 Å². The molecule has 0 unspecified atom stereocenters. The molecular weight excluding hydrogens is 424 g/mol. The number of ether oxygens (including phenoxy) is 2. The van der Waals surface area contributed by atoms with Gasteiger partial charge in [-0.15, -0.1) is 0 Å². The molecule has 5 heteroatoms. The number of aromatic nitrogens is 2. The summed E-state index contributed by atoms with van der Waals surface area (Å²) in [4.78, 5) is 9.35. The van der Waals surface area contributed by atoms with Gasteiger partial charge in [0.15, 0.2) is 11.5 Å². The van der Waals surface area contributed by atoms with Gasteiger partial charge in [-0.1, -0.05) is 36.4 Å². The van der Waals surface area contributed by atoms with Crippen LogP contribution in [0.1, 0.15) is 28.1 Å². The second kappa shape index (κ2) is 8.34. The molecule has 1 N–H and O–H groups in total. The number of phenols is 1. The predicted octanol–water partition coefficient (Wildman–Crippen LogP) is 7.62. The van der Waals surface area contributed by atoms with Gasteiger partial charge >= 0.3 is 0 Å². The highest BCUT2D eigenvalue weighted by Gasteiger charge is 2.22. The Morgan fingerprint density at radius 2 is 1.00 bits per heavy atom. The molecule has 0 aliphatic carbocycles. The third-order valence-corrected chi connectivity index (χ3v) is 6.14. The van der Waals surface area contributed by atoms with Gasteiger partial charge in [-0.2, -0.15) is 0 Å². The Balaban J connectivity index is 1.64. The monoisotopic (exact) mass is 450 g/mol. The summed E-state index contributed by atoms with van der Waals surface area (Å²) >= 11 is 0. The van der Waals surface area contributed by atoms with Gasteiger partial charge in [0, 0.05) is 38.9 Å². The number of aromatic hydroxyl groups is 1. The van der Waals surface area contributed by atoms with Crippen LogP contribution in [0.3, 0.4) is 0 Å². The Hall–Kier alpha value is -4.12. The Morgan fingerprint density at radius 3 is 1.44 bits per heavy atom. The summed E-state index contributed by atoms with van der Waals surface area (Å²) in [5, 5.41) is 13.0. The second-order valence-electron chi connectivity index (χ2n) is 8.65. The number of nitrogens with zero attached hydrogens (tertiary/aromatic N) is 2. The van der Waals surface area contributed by atoms with Gasteiger partial charge in [0.25, 0.3) is 0 Å². The van der Waals surface area contributed by atoms with Gasteiger partial charge < -0.3 is 14.6 Å². The van der Waals surface area contributed by atoms with Gasteiger partial charge in [-0.3, -0.25) is 0 Å². The Morgan fingerprint density at radius 1 is 0.559 bits per heavy atom. The van der Waals surface area contributed by atoms with E-state index in [1.165, 1.54) is 0 Å². The lowest BCUT2D eigenvalue weighted by atomic mass is 10.0. The summed E-state index contributed by atoms with van der Waals surface area (Å²) in [5.41, 5.74) is 5.47. The molecule has 5 aromatic rings. The fourth-order valence-electron chi connectivity index (χ4n) is 4.29. The van der Waals surface area contributed by atoms with Crippen molar-refractivity contribution < 1.29 is 14.6 Å². The van der Waals surface area contributed by atoms with Crippen molar-refractivity contribution in [3.05, 3.63) is 88.7 Å². The van der Waals surface area contributed by atoms with Crippen LogP contribution in [0.4, 0.5) is 0 Å². The Bertz CT molecular complexity index is 1460. The van der Waals surface area contributed by atoms with E-state index < -0.39 is 0 Å². The molecule has 5 rings (SSSR count). The highest BCUT2D eigenvalue weighted by Crippen LogP contribution is 2.46. The average molecular weight is 451 g/mol. The van der Waals surface area contributed by atoms with E-state index in [9.17, 15) is 5.11 Å². The van der Waals surface area contributed by atoms with Crippen LogP contribution < -0.4 is 9.47 Å². The minimum Gasteiger partial charge on any atom is -0.507 e. The molecule has 0 bridgehead atoms. The van der Waals surface area contributed by atoms with Gasteiger partial charge in [0.2, 0.25) is 0 Å². The molecule has 170 valence electrons. The molecule has 0 radical (unpaired) electrons. The minimum atomic E-state index is 0.143. The van der Waals surface area contributed by atoms with E-state index in [4.69, 9.17) is 9.47 Å². The molecule has 0 aliphatic rings.